The van der Waals surface area contributed by atoms with E-state index in [4.69, 9.17) is 0 Å². The Balaban J connectivity index is 2.87. The minimum absolute atomic E-state index is 0.0168. The predicted octanol–water partition coefficient (Wildman–Crippen LogP) is 2.66. The van der Waals surface area contributed by atoms with E-state index in [0.717, 1.165) is 12.2 Å². The summed E-state index contributed by atoms with van der Waals surface area (Å²) in [5, 5.41) is 14.1. The Morgan fingerprint density at radius 3 is 2.50 bits per heavy atom. The summed E-state index contributed by atoms with van der Waals surface area (Å²) in [6.07, 6.45) is 0. The van der Waals surface area contributed by atoms with Crippen LogP contribution >= 0.6 is 0 Å². The Hall–Kier alpha value is -1.62. The number of nitro groups is 1. The number of likely N-dealkylation sites (N-methyl/N-ethyl adjacent to an activating group) is 1. The fourth-order valence-electron chi connectivity index (χ4n) is 1.48. The van der Waals surface area contributed by atoms with Crippen LogP contribution in [-0.4, -0.2) is 36.0 Å². The summed E-state index contributed by atoms with van der Waals surface area (Å²) in [4.78, 5) is 12.6. The molecule has 1 aromatic carbocycles. The van der Waals surface area contributed by atoms with Gasteiger partial charge in [0.2, 0.25) is 0 Å². The van der Waals surface area contributed by atoms with Crippen LogP contribution in [0.1, 0.15) is 19.4 Å². The number of benzene rings is 1. The maximum Gasteiger partial charge on any atom is 0.274 e. The van der Waals surface area contributed by atoms with E-state index in [2.05, 4.69) is 24.1 Å². The third kappa shape index (κ3) is 3.20. The summed E-state index contributed by atoms with van der Waals surface area (Å²) < 4.78 is 0. The third-order valence-electron chi connectivity index (χ3n) is 3.42. The van der Waals surface area contributed by atoms with Crippen molar-refractivity contribution in [1.82, 2.24) is 4.90 Å². The number of nitrogens with one attached hydrogen (secondary N) is 1. The maximum atomic E-state index is 10.9. The van der Waals surface area contributed by atoms with Crippen LogP contribution in [0.5, 0.6) is 0 Å². The van der Waals surface area contributed by atoms with Crippen molar-refractivity contribution in [3.63, 3.8) is 0 Å². The molecule has 0 radical (unpaired) electrons. The van der Waals surface area contributed by atoms with Crippen molar-refractivity contribution >= 4 is 11.4 Å². The molecule has 1 N–H and O–H groups in total. The largest absolute Gasteiger partial charge is 0.383 e. The van der Waals surface area contributed by atoms with Gasteiger partial charge >= 0.3 is 0 Å². The molecule has 0 aliphatic heterocycles. The molecule has 0 bridgehead atoms. The van der Waals surface area contributed by atoms with Gasteiger partial charge in [-0.25, -0.2) is 0 Å². The van der Waals surface area contributed by atoms with Gasteiger partial charge in [0.1, 0.15) is 0 Å². The Labute approximate surface area is 108 Å². The van der Waals surface area contributed by atoms with Crippen molar-refractivity contribution in [3.05, 3.63) is 33.9 Å². The first kappa shape index (κ1) is 14.4. The molecular formula is C13H21N3O2. The zero-order chi connectivity index (χ0) is 13.9. The van der Waals surface area contributed by atoms with Crippen LogP contribution in [-0.2, 0) is 0 Å². The average molecular weight is 251 g/mol. The number of hydrogen-bond donors (Lipinski definition) is 1. The second kappa shape index (κ2) is 5.35. The SMILES string of the molecule is Cc1c(NCC(C)(C)N(C)C)cccc1[N+](=O)[O-]. The van der Waals surface area contributed by atoms with E-state index in [1.54, 1.807) is 13.0 Å². The zero-order valence-electron chi connectivity index (χ0n) is 11.7. The molecule has 1 rings (SSSR count). The highest BCUT2D eigenvalue weighted by Gasteiger charge is 2.21. The molecule has 0 heterocycles. The number of rotatable bonds is 5. The van der Waals surface area contributed by atoms with Gasteiger partial charge in [0.25, 0.3) is 5.69 Å². The molecule has 0 aromatic heterocycles. The fourth-order valence-corrected chi connectivity index (χ4v) is 1.48. The topological polar surface area (TPSA) is 58.4 Å². The Kier molecular flexibility index (Phi) is 4.29. The van der Waals surface area contributed by atoms with Gasteiger partial charge < -0.3 is 10.2 Å². The highest BCUT2D eigenvalue weighted by Crippen LogP contribution is 2.25. The Morgan fingerprint density at radius 1 is 1.39 bits per heavy atom. The summed E-state index contributed by atoms with van der Waals surface area (Å²) >= 11 is 0. The normalized spacial score (nSPS) is 11.7. The Morgan fingerprint density at radius 2 is 2.00 bits per heavy atom. The lowest BCUT2D eigenvalue weighted by atomic mass is 10.0. The minimum atomic E-state index is -0.350. The lowest BCUT2D eigenvalue weighted by Crippen LogP contribution is -2.44. The summed E-state index contributed by atoms with van der Waals surface area (Å²) in [6, 6.07) is 5.10. The van der Waals surface area contributed by atoms with Crippen molar-refractivity contribution in [2.75, 3.05) is 26.0 Å². The van der Waals surface area contributed by atoms with Gasteiger partial charge in [-0.05, 0) is 40.9 Å². The molecule has 0 spiro atoms. The summed E-state index contributed by atoms with van der Waals surface area (Å²) in [6.45, 7) is 6.73. The van der Waals surface area contributed by atoms with E-state index in [0.29, 0.717) is 5.56 Å². The van der Waals surface area contributed by atoms with Crippen LogP contribution in [0.25, 0.3) is 0 Å². The lowest BCUT2D eigenvalue weighted by Gasteiger charge is -2.33. The molecule has 0 fully saturated rings. The van der Waals surface area contributed by atoms with Crippen LogP contribution in [0.3, 0.4) is 0 Å². The molecule has 0 saturated heterocycles. The Bertz CT molecular complexity index is 442. The number of hydrogen-bond acceptors (Lipinski definition) is 4. The first-order valence-corrected chi connectivity index (χ1v) is 5.91. The van der Waals surface area contributed by atoms with Gasteiger partial charge in [0.05, 0.1) is 4.92 Å². The van der Waals surface area contributed by atoms with E-state index in [-0.39, 0.29) is 16.1 Å². The molecular weight excluding hydrogens is 230 g/mol. The van der Waals surface area contributed by atoms with E-state index >= 15 is 0 Å². The smallest absolute Gasteiger partial charge is 0.274 e. The quantitative estimate of drug-likeness (QED) is 0.645. The van der Waals surface area contributed by atoms with Crippen molar-refractivity contribution in [2.45, 2.75) is 26.3 Å². The monoisotopic (exact) mass is 251 g/mol. The van der Waals surface area contributed by atoms with Gasteiger partial charge in [-0.15, -0.1) is 0 Å². The van der Waals surface area contributed by atoms with Gasteiger partial charge in [-0.2, -0.15) is 0 Å². The molecule has 100 valence electrons. The molecule has 0 atom stereocenters. The molecule has 0 unspecified atom stereocenters. The van der Waals surface area contributed by atoms with Gasteiger partial charge in [0.15, 0.2) is 0 Å². The second-order valence-corrected chi connectivity index (χ2v) is 5.27. The molecule has 0 aliphatic rings. The molecule has 1 aromatic rings. The van der Waals surface area contributed by atoms with E-state index in [1.165, 1.54) is 6.07 Å². The average Bonchev–Trinajstić information content (AvgIpc) is 2.27. The summed E-state index contributed by atoms with van der Waals surface area (Å²) in [5.41, 5.74) is 1.63. The molecule has 18 heavy (non-hydrogen) atoms. The number of anilines is 1. The zero-order valence-corrected chi connectivity index (χ0v) is 11.7. The van der Waals surface area contributed by atoms with E-state index in [9.17, 15) is 10.1 Å². The van der Waals surface area contributed by atoms with Crippen LogP contribution < -0.4 is 5.32 Å². The standard InChI is InChI=1S/C13H21N3O2/c1-10-11(7-6-8-12(10)16(17)18)14-9-13(2,3)15(4)5/h6-8,14H,9H2,1-5H3. The van der Waals surface area contributed by atoms with Gasteiger partial charge in [-0.1, -0.05) is 6.07 Å². The molecule has 5 heteroatoms. The van der Waals surface area contributed by atoms with Crippen molar-refractivity contribution in [1.29, 1.82) is 0 Å². The van der Waals surface area contributed by atoms with Crippen molar-refractivity contribution in [2.24, 2.45) is 0 Å². The van der Waals surface area contributed by atoms with Gasteiger partial charge in [-0.3, -0.25) is 10.1 Å². The van der Waals surface area contributed by atoms with Crippen LogP contribution in [0.4, 0.5) is 11.4 Å². The van der Waals surface area contributed by atoms with Crippen molar-refractivity contribution in [3.8, 4) is 0 Å². The molecule has 0 saturated carbocycles. The van der Waals surface area contributed by atoms with Crippen LogP contribution in [0.15, 0.2) is 18.2 Å². The lowest BCUT2D eigenvalue weighted by molar-refractivity contribution is -0.385. The maximum absolute atomic E-state index is 10.9. The first-order chi connectivity index (χ1) is 8.25. The fraction of sp³-hybridized carbons (Fsp3) is 0.538. The van der Waals surface area contributed by atoms with Crippen LogP contribution in [0, 0.1) is 17.0 Å². The summed E-state index contributed by atoms with van der Waals surface area (Å²) in [5.74, 6) is 0. The van der Waals surface area contributed by atoms with E-state index < -0.39 is 0 Å². The molecule has 0 amide bonds. The molecule has 5 nitrogen and oxygen atoms in total. The summed E-state index contributed by atoms with van der Waals surface area (Å²) in [7, 11) is 4.03. The van der Waals surface area contributed by atoms with Gasteiger partial charge in [0, 0.05) is 29.4 Å². The number of nitrogens with zero attached hydrogens (tertiary/aromatic N) is 2. The van der Waals surface area contributed by atoms with Crippen LogP contribution in [0.2, 0.25) is 0 Å². The second-order valence-electron chi connectivity index (χ2n) is 5.27. The number of nitro benzene ring substituents is 1. The minimum Gasteiger partial charge on any atom is -0.383 e. The van der Waals surface area contributed by atoms with E-state index in [1.807, 2.05) is 20.2 Å². The highest BCUT2D eigenvalue weighted by atomic mass is 16.6. The first-order valence-electron chi connectivity index (χ1n) is 5.91. The molecule has 0 aliphatic carbocycles. The highest BCUT2D eigenvalue weighted by molar-refractivity contribution is 5.59. The third-order valence-corrected chi connectivity index (χ3v) is 3.42. The van der Waals surface area contributed by atoms with Crippen molar-refractivity contribution < 1.29 is 4.92 Å². The predicted molar refractivity (Wildman–Crippen MR) is 74.1 cm³/mol.